The smallest absolute Gasteiger partial charge is 0.242 e. The number of hydrogen-bond acceptors (Lipinski definition) is 4. The molecule has 0 radical (unpaired) electrons. The van der Waals surface area contributed by atoms with E-state index in [-0.39, 0.29) is 16.8 Å². The largest absolute Gasteiger partial charge is 0.325 e. The van der Waals surface area contributed by atoms with Crippen molar-refractivity contribution in [1.82, 2.24) is 9.62 Å². The lowest BCUT2D eigenvalue weighted by Crippen LogP contribution is -2.35. The van der Waals surface area contributed by atoms with Crippen LogP contribution in [0.2, 0.25) is 0 Å². The molecule has 0 unspecified atom stereocenters. The monoisotopic (exact) mass is 297 g/mol. The Balaban J connectivity index is 2.07. The van der Waals surface area contributed by atoms with Crippen molar-refractivity contribution in [3.63, 3.8) is 0 Å². The number of sulfonamides is 1. The van der Waals surface area contributed by atoms with Crippen molar-refractivity contribution < 1.29 is 13.2 Å². The van der Waals surface area contributed by atoms with E-state index in [1.807, 2.05) is 0 Å². The van der Waals surface area contributed by atoms with Gasteiger partial charge in [-0.15, -0.1) is 0 Å². The third-order valence-electron chi connectivity index (χ3n) is 3.28. The molecule has 0 saturated carbocycles. The van der Waals surface area contributed by atoms with Gasteiger partial charge in [-0.1, -0.05) is 0 Å². The fraction of sp³-hybridized carbons (Fsp3) is 0.462. The van der Waals surface area contributed by atoms with Crippen molar-refractivity contribution in [3.05, 3.63) is 24.3 Å². The number of anilines is 1. The topological polar surface area (TPSA) is 78.5 Å². The number of amides is 1. The molecule has 7 heteroatoms. The Morgan fingerprint density at radius 1 is 1.30 bits per heavy atom. The van der Waals surface area contributed by atoms with Crippen LogP contribution in [0.15, 0.2) is 29.2 Å². The average Bonchev–Trinajstić information content (AvgIpc) is 2.93. The summed E-state index contributed by atoms with van der Waals surface area (Å²) >= 11 is 0. The number of hydrogen-bond donors (Lipinski definition) is 2. The van der Waals surface area contributed by atoms with Gasteiger partial charge in [-0.25, -0.2) is 12.7 Å². The van der Waals surface area contributed by atoms with Crippen LogP contribution in [-0.4, -0.2) is 45.3 Å². The van der Waals surface area contributed by atoms with E-state index < -0.39 is 10.0 Å². The maximum atomic E-state index is 11.9. The van der Waals surface area contributed by atoms with Gasteiger partial charge < -0.3 is 10.6 Å². The number of nitrogens with zero attached hydrogens (tertiary/aromatic N) is 1. The highest BCUT2D eigenvalue weighted by molar-refractivity contribution is 7.89. The molecule has 0 aromatic heterocycles. The molecule has 2 N–H and O–H groups in total. The van der Waals surface area contributed by atoms with Crippen molar-refractivity contribution in [2.75, 3.05) is 26.0 Å². The van der Waals surface area contributed by atoms with Crippen molar-refractivity contribution in [2.45, 2.75) is 23.8 Å². The first-order chi connectivity index (χ1) is 9.41. The standard InChI is InChI=1S/C13H19N3O3S/c1-16(2)20(18,19)11-7-5-10(6-8-11)15-13(17)12-4-3-9-14-12/h5-8,12,14H,3-4,9H2,1-2H3,(H,15,17)/t12-/m0/s1. The number of carbonyl (C=O) groups is 1. The highest BCUT2D eigenvalue weighted by Crippen LogP contribution is 2.17. The molecule has 0 spiro atoms. The van der Waals surface area contributed by atoms with Gasteiger partial charge in [0.05, 0.1) is 10.9 Å². The minimum absolute atomic E-state index is 0.0780. The van der Waals surface area contributed by atoms with Crippen LogP contribution in [0.4, 0.5) is 5.69 Å². The molecule has 1 fully saturated rings. The van der Waals surface area contributed by atoms with Crippen molar-refractivity contribution in [3.8, 4) is 0 Å². The van der Waals surface area contributed by atoms with E-state index in [2.05, 4.69) is 10.6 Å². The molecule has 1 heterocycles. The zero-order valence-corrected chi connectivity index (χ0v) is 12.4. The third-order valence-corrected chi connectivity index (χ3v) is 5.11. The summed E-state index contributed by atoms with van der Waals surface area (Å²) in [5, 5.41) is 5.89. The number of benzene rings is 1. The van der Waals surface area contributed by atoms with E-state index in [9.17, 15) is 13.2 Å². The second-order valence-electron chi connectivity index (χ2n) is 4.95. The summed E-state index contributed by atoms with van der Waals surface area (Å²) in [6.45, 7) is 0.859. The molecule has 6 nitrogen and oxygen atoms in total. The number of rotatable bonds is 4. The maximum Gasteiger partial charge on any atom is 0.242 e. The van der Waals surface area contributed by atoms with Gasteiger partial charge in [-0.3, -0.25) is 4.79 Å². The summed E-state index contributed by atoms with van der Waals surface area (Å²) in [6, 6.07) is 6.03. The highest BCUT2D eigenvalue weighted by atomic mass is 32.2. The number of carbonyl (C=O) groups excluding carboxylic acids is 1. The van der Waals surface area contributed by atoms with Crippen LogP contribution in [0.5, 0.6) is 0 Å². The first-order valence-corrected chi connectivity index (χ1v) is 7.92. The van der Waals surface area contributed by atoms with E-state index in [1.54, 1.807) is 12.1 Å². The average molecular weight is 297 g/mol. The summed E-state index contributed by atoms with van der Waals surface area (Å²) in [7, 11) is -0.464. The zero-order valence-electron chi connectivity index (χ0n) is 11.6. The molecule has 110 valence electrons. The predicted molar refractivity (Wildman–Crippen MR) is 77.0 cm³/mol. The van der Waals surface area contributed by atoms with Gasteiger partial charge in [0.25, 0.3) is 0 Å². The molecule has 0 bridgehead atoms. The van der Waals surface area contributed by atoms with Gasteiger partial charge in [0, 0.05) is 19.8 Å². The Hall–Kier alpha value is -1.44. The fourth-order valence-electron chi connectivity index (χ4n) is 2.06. The highest BCUT2D eigenvalue weighted by Gasteiger charge is 2.22. The molecule has 1 atom stereocenters. The van der Waals surface area contributed by atoms with Crippen LogP contribution in [0.1, 0.15) is 12.8 Å². The van der Waals surface area contributed by atoms with Crippen LogP contribution in [-0.2, 0) is 14.8 Å². The molecule has 1 saturated heterocycles. The Kier molecular flexibility index (Phi) is 4.42. The lowest BCUT2D eigenvalue weighted by molar-refractivity contribution is -0.117. The van der Waals surface area contributed by atoms with Crippen LogP contribution < -0.4 is 10.6 Å². The summed E-state index contributed by atoms with van der Waals surface area (Å²) in [4.78, 5) is 12.1. The van der Waals surface area contributed by atoms with Gasteiger partial charge in [0.2, 0.25) is 15.9 Å². The van der Waals surface area contributed by atoms with Gasteiger partial charge in [0.15, 0.2) is 0 Å². The molecule has 2 rings (SSSR count). The Morgan fingerprint density at radius 3 is 2.45 bits per heavy atom. The second kappa shape index (κ2) is 5.90. The molecule has 20 heavy (non-hydrogen) atoms. The molecule has 1 aliphatic heterocycles. The predicted octanol–water partition coefficient (Wildman–Crippen LogP) is 0.627. The molecule has 1 aromatic rings. The van der Waals surface area contributed by atoms with E-state index in [4.69, 9.17) is 0 Å². The maximum absolute atomic E-state index is 11.9. The number of nitrogens with one attached hydrogen (secondary N) is 2. The fourth-order valence-corrected chi connectivity index (χ4v) is 2.96. The minimum Gasteiger partial charge on any atom is -0.325 e. The third kappa shape index (κ3) is 3.17. The lowest BCUT2D eigenvalue weighted by Gasteiger charge is -2.13. The van der Waals surface area contributed by atoms with Crippen LogP contribution >= 0.6 is 0 Å². The molecular weight excluding hydrogens is 278 g/mol. The molecule has 1 aromatic carbocycles. The second-order valence-corrected chi connectivity index (χ2v) is 7.10. The molecule has 1 aliphatic rings. The first-order valence-electron chi connectivity index (χ1n) is 6.48. The quantitative estimate of drug-likeness (QED) is 0.854. The van der Waals surface area contributed by atoms with Crippen LogP contribution in [0.25, 0.3) is 0 Å². The molecule has 1 amide bonds. The SMILES string of the molecule is CN(C)S(=O)(=O)c1ccc(NC(=O)[C@@H]2CCCN2)cc1. The summed E-state index contributed by atoms with van der Waals surface area (Å²) in [6.07, 6.45) is 1.83. The normalized spacial score (nSPS) is 19.2. The summed E-state index contributed by atoms with van der Waals surface area (Å²) < 4.78 is 25.0. The van der Waals surface area contributed by atoms with Crippen LogP contribution in [0, 0.1) is 0 Å². The first kappa shape index (κ1) is 15.0. The van der Waals surface area contributed by atoms with Crippen molar-refractivity contribution in [2.24, 2.45) is 0 Å². The van der Waals surface area contributed by atoms with Gasteiger partial charge in [-0.05, 0) is 43.7 Å². The Bertz CT molecular complexity index is 575. The van der Waals surface area contributed by atoms with Crippen molar-refractivity contribution in [1.29, 1.82) is 0 Å². The zero-order chi connectivity index (χ0) is 14.8. The molecule has 0 aliphatic carbocycles. The van der Waals surface area contributed by atoms with E-state index in [0.29, 0.717) is 5.69 Å². The Labute approximate surface area is 119 Å². The summed E-state index contributed by atoms with van der Waals surface area (Å²) in [5.41, 5.74) is 0.599. The van der Waals surface area contributed by atoms with Gasteiger partial charge >= 0.3 is 0 Å². The van der Waals surface area contributed by atoms with E-state index >= 15 is 0 Å². The van der Waals surface area contributed by atoms with Gasteiger partial charge in [0.1, 0.15) is 0 Å². The minimum atomic E-state index is -3.43. The van der Waals surface area contributed by atoms with E-state index in [0.717, 1.165) is 23.7 Å². The van der Waals surface area contributed by atoms with Crippen molar-refractivity contribution >= 4 is 21.6 Å². The Morgan fingerprint density at radius 2 is 1.95 bits per heavy atom. The van der Waals surface area contributed by atoms with Gasteiger partial charge in [-0.2, -0.15) is 0 Å². The van der Waals surface area contributed by atoms with Crippen LogP contribution in [0.3, 0.4) is 0 Å². The van der Waals surface area contributed by atoms with E-state index in [1.165, 1.54) is 26.2 Å². The summed E-state index contributed by atoms with van der Waals surface area (Å²) in [5.74, 6) is -0.0780. The molecular formula is C13H19N3O3S. The lowest BCUT2D eigenvalue weighted by atomic mass is 10.2.